The third kappa shape index (κ3) is 4.66. The molecule has 0 spiro atoms. The number of carbonyl (C=O) groups is 3. The number of ether oxygens (including phenoxy) is 2. The van der Waals surface area contributed by atoms with Crippen LogP contribution in [0.5, 0.6) is 11.5 Å². The number of hydrogen-bond acceptors (Lipinski definition) is 6. The number of halogens is 1. The van der Waals surface area contributed by atoms with Crippen molar-refractivity contribution >= 4 is 57.1 Å². The fraction of sp³-hybridized carbons (Fsp3) is 0.182. The van der Waals surface area contributed by atoms with Crippen LogP contribution in [-0.4, -0.2) is 59.0 Å². The van der Waals surface area contributed by atoms with E-state index in [0.29, 0.717) is 21.5 Å². The lowest BCUT2D eigenvalue weighted by Gasteiger charge is -2.31. The molecule has 1 fully saturated rings. The largest absolute Gasteiger partial charge is 0.493 e. The number of methoxy groups -OCH3 is 1. The van der Waals surface area contributed by atoms with Gasteiger partial charge in [0.25, 0.3) is 11.8 Å². The zero-order valence-electron chi connectivity index (χ0n) is 17.4. The van der Waals surface area contributed by atoms with E-state index in [1.807, 2.05) is 0 Å². The van der Waals surface area contributed by atoms with Crippen LogP contribution in [0.4, 0.5) is 0 Å². The van der Waals surface area contributed by atoms with Crippen molar-refractivity contribution in [2.45, 2.75) is 6.61 Å². The Bertz CT molecular complexity index is 1120. The van der Waals surface area contributed by atoms with E-state index in [1.165, 1.54) is 49.2 Å². The Hall–Kier alpha value is -3.24. The monoisotopic (exact) mass is 518 g/mol. The van der Waals surface area contributed by atoms with Gasteiger partial charge >= 0.3 is 5.97 Å². The molecule has 0 aliphatic carbocycles. The first kappa shape index (κ1) is 23.4. The van der Waals surface area contributed by atoms with Crippen LogP contribution < -0.4 is 9.47 Å². The van der Waals surface area contributed by atoms with E-state index in [4.69, 9.17) is 26.8 Å². The molecule has 1 aliphatic heterocycles. The van der Waals surface area contributed by atoms with Gasteiger partial charge in [-0.1, -0.05) is 28.1 Å². The van der Waals surface area contributed by atoms with Crippen molar-refractivity contribution in [3.63, 3.8) is 0 Å². The van der Waals surface area contributed by atoms with Crippen LogP contribution in [0.25, 0.3) is 6.08 Å². The van der Waals surface area contributed by atoms with E-state index in [-0.39, 0.29) is 22.9 Å². The standard InChI is InChI=1S/C22H19BrN2O6S/c1-24-19(26)15(20(27)25(2)22(24)32)8-14-9-17(30-3)18(10-16(14)23)31-11-12-4-6-13(7-5-12)21(28)29/h4-10H,11H2,1-3H3,(H,28,29). The Morgan fingerprint density at radius 1 is 1.09 bits per heavy atom. The van der Waals surface area contributed by atoms with E-state index in [2.05, 4.69) is 15.9 Å². The average Bonchev–Trinajstić information content (AvgIpc) is 2.79. The van der Waals surface area contributed by atoms with Gasteiger partial charge in [-0.25, -0.2) is 4.79 Å². The Morgan fingerprint density at radius 2 is 1.69 bits per heavy atom. The predicted octanol–water partition coefficient (Wildman–Crippen LogP) is 3.33. The topological polar surface area (TPSA) is 96.4 Å². The van der Waals surface area contributed by atoms with Gasteiger partial charge in [-0.2, -0.15) is 0 Å². The van der Waals surface area contributed by atoms with Crippen LogP contribution in [0.1, 0.15) is 21.5 Å². The van der Waals surface area contributed by atoms with Gasteiger partial charge in [0.15, 0.2) is 16.6 Å². The molecule has 0 unspecified atom stereocenters. The molecular formula is C22H19BrN2O6S. The summed E-state index contributed by atoms with van der Waals surface area (Å²) in [6, 6.07) is 9.66. The maximum atomic E-state index is 12.6. The Balaban J connectivity index is 1.87. The van der Waals surface area contributed by atoms with Gasteiger partial charge in [-0.05, 0) is 53.7 Å². The second-order valence-electron chi connectivity index (χ2n) is 6.88. The number of aromatic carboxylic acids is 1. The number of likely N-dealkylation sites (N-methyl/N-ethyl adjacent to an activating group) is 2. The normalized spacial score (nSPS) is 14.0. The van der Waals surface area contributed by atoms with Gasteiger partial charge in [0.1, 0.15) is 12.2 Å². The van der Waals surface area contributed by atoms with E-state index < -0.39 is 17.8 Å². The lowest BCUT2D eigenvalue weighted by atomic mass is 10.1. The number of carboxylic acids is 1. The first-order valence-corrected chi connectivity index (χ1v) is 10.5. The van der Waals surface area contributed by atoms with Crippen LogP contribution in [0.3, 0.4) is 0 Å². The van der Waals surface area contributed by atoms with Gasteiger partial charge in [-0.3, -0.25) is 19.4 Å². The molecule has 0 radical (unpaired) electrons. The van der Waals surface area contributed by atoms with Crippen LogP contribution in [0, 0.1) is 0 Å². The molecule has 1 heterocycles. The third-order valence-electron chi connectivity index (χ3n) is 4.82. The fourth-order valence-corrected chi connectivity index (χ4v) is 3.57. The lowest BCUT2D eigenvalue weighted by molar-refractivity contribution is -0.132. The Kier molecular flexibility index (Phi) is 6.95. The fourth-order valence-electron chi connectivity index (χ4n) is 2.97. The maximum absolute atomic E-state index is 12.6. The highest BCUT2D eigenvalue weighted by Gasteiger charge is 2.35. The maximum Gasteiger partial charge on any atom is 0.335 e. The average molecular weight is 519 g/mol. The van der Waals surface area contributed by atoms with Gasteiger partial charge < -0.3 is 14.6 Å². The second-order valence-corrected chi connectivity index (χ2v) is 8.10. The van der Waals surface area contributed by atoms with Gasteiger partial charge in [-0.15, -0.1) is 0 Å². The molecule has 0 atom stereocenters. The number of hydrogen-bond donors (Lipinski definition) is 1. The van der Waals surface area contributed by atoms with Crippen LogP contribution in [-0.2, 0) is 16.2 Å². The van der Waals surface area contributed by atoms with Crippen LogP contribution in [0.15, 0.2) is 46.4 Å². The van der Waals surface area contributed by atoms with Crippen LogP contribution >= 0.6 is 28.1 Å². The molecule has 32 heavy (non-hydrogen) atoms. The van der Waals surface area contributed by atoms with Crippen molar-refractivity contribution < 1.29 is 29.0 Å². The van der Waals surface area contributed by atoms with E-state index in [1.54, 1.807) is 24.3 Å². The number of nitrogens with zero attached hydrogens (tertiary/aromatic N) is 2. The summed E-state index contributed by atoms with van der Waals surface area (Å²) in [6.07, 6.45) is 1.47. The van der Waals surface area contributed by atoms with Gasteiger partial charge in [0, 0.05) is 18.6 Å². The van der Waals surface area contributed by atoms with Crippen molar-refractivity contribution in [1.29, 1.82) is 0 Å². The summed E-state index contributed by atoms with van der Waals surface area (Å²) in [4.78, 5) is 38.6. The molecule has 1 aliphatic rings. The molecule has 0 aromatic heterocycles. The van der Waals surface area contributed by atoms with E-state index >= 15 is 0 Å². The lowest BCUT2D eigenvalue weighted by Crippen LogP contribution is -2.52. The minimum absolute atomic E-state index is 0.0291. The third-order valence-corrected chi connectivity index (χ3v) is 6.06. The summed E-state index contributed by atoms with van der Waals surface area (Å²) in [5, 5.41) is 9.12. The molecule has 8 nitrogen and oxygen atoms in total. The molecule has 3 rings (SSSR count). The molecule has 2 aromatic carbocycles. The SMILES string of the molecule is COc1cc(C=C2C(=O)N(C)C(=S)N(C)C2=O)c(Br)cc1OCc1ccc(C(=O)O)cc1. The highest BCUT2D eigenvalue weighted by Crippen LogP contribution is 2.35. The molecule has 2 aromatic rings. The molecule has 166 valence electrons. The number of carboxylic acid groups (broad SMARTS) is 1. The zero-order valence-corrected chi connectivity index (χ0v) is 19.8. The number of rotatable bonds is 6. The first-order chi connectivity index (χ1) is 15.1. The molecule has 1 N–H and O–H groups in total. The van der Waals surface area contributed by atoms with Crippen molar-refractivity contribution in [3.8, 4) is 11.5 Å². The number of carbonyl (C=O) groups excluding carboxylic acids is 2. The highest BCUT2D eigenvalue weighted by molar-refractivity contribution is 9.10. The first-order valence-electron chi connectivity index (χ1n) is 9.28. The molecule has 2 amide bonds. The zero-order chi connectivity index (χ0) is 23.6. The smallest absolute Gasteiger partial charge is 0.335 e. The summed E-state index contributed by atoms with van der Waals surface area (Å²) in [6.45, 7) is 0.188. The van der Waals surface area contributed by atoms with Crippen molar-refractivity contribution in [2.24, 2.45) is 0 Å². The summed E-state index contributed by atoms with van der Waals surface area (Å²) in [7, 11) is 4.50. The van der Waals surface area contributed by atoms with E-state index in [0.717, 1.165) is 5.56 Å². The molecular weight excluding hydrogens is 500 g/mol. The number of benzene rings is 2. The number of amides is 2. The molecule has 10 heteroatoms. The second kappa shape index (κ2) is 9.49. The molecule has 0 bridgehead atoms. The quantitative estimate of drug-likeness (QED) is 0.355. The molecule has 1 saturated heterocycles. The van der Waals surface area contributed by atoms with Crippen molar-refractivity contribution in [3.05, 3.63) is 63.1 Å². The van der Waals surface area contributed by atoms with Crippen LogP contribution in [0.2, 0.25) is 0 Å². The van der Waals surface area contributed by atoms with E-state index in [9.17, 15) is 14.4 Å². The minimum Gasteiger partial charge on any atom is -0.493 e. The Morgan fingerprint density at radius 3 is 2.22 bits per heavy atom. The van der Waals surface area contributed by atoms with Gasteiger partial charge in [0.2, 0.25) is 0 Å². The highest BCUT2D eigenvalue weighted by atomic mass is 79.9. The van der Waals surface area contributed by atoms with Crippen molar-refractivity contribution in [1.82, 2.24) is 9.80 Å². The minimum atomic E-state index is -0.998. The molecule has 0 saturated carbocycles. The van der Waals surface area contributed by atoms with Crippen molar-refractivity contribution in [2.75, 3.05) is 21.2 Å². The van der Waals surface area contributed by atoms with Gasteiger partial charge in [0.05, 0.1) is 12.7 Å². The number of thiocarbonyl (C=S) groups is 1. The Labute approximate surface area is 198 Å². The predicted molar refractivity (Wildman–Crippen MR) is 125 cm³/mol. The summed E-state index contributed by atoms with van der Waals surface area (Å²) < 4.78 is 11.8. The summed E-state index contributed by atoms with van der Waals surface area (Å²) in [5.74, 6) is -1.15. The summed E-state index contributed by atoms with van der Waals surface area (Å²) in [5.41, 5.74) is 1.49. The summed E-state index contributed by atoms with van der Waals surface area (Å²) >= 11 is 8.55.